The number of hydrogen-bond acceptors (Lipinski definition) is 6. The Balaban J connectivity index is 1.92. The summed E-state index contributed by atoms with van der Waals surface area (Å²) in [5, 5.41) is 14.9. The fraction of sp³-hybridized carbons (Fsp3) is 0.136. The number of Topliss-reactive ketones (excluding diaryl/α,β-unsaturated/α-hetero) is 1. The summed E-state index contributed by atoms with van der Waals surface area (Å²) >= 11 is 3.35. The quantitative estimate of drug-likeness (QED) is 0.347. The highest BCUT2D eigenvalue weighted by atomic mass is 79.9. The monoisotopic (exact) mass is 468 g/mol. The minimum Gasteiger partial charge on any atom is -0.507 e. The molecule has 1 aliphatic heterocycles. The van der Waals surface area contributed by atoms with Crippen molar-refractivity contribution in [1.29, 1.82) is 0 Å². The predicted octanol–water partition coefficient (Wildman–Crippen LogP) is 4.38. The zero-order chi connectivity index (χ0) is 21.4. The van der Waals surface area contributed by atoms with E-state index >= 15 is 0 Å². The molecule has 0 bridgehead atoms. The number of ether oxygens (including phenoxy) is 1. The molecule has 7 nitrogen and oxygen atoms in total. The lowest BCUT2D eigenvalue weighted by molar-refractivity contribution is -0.132. The van der Waals surface area contributed by atoms with Crippen molar-refractivity contribution in [1.82, 2.24) is 5.16 Å². The molecule has 1 unspecified atom stereocenters. The lowest BCUT2D eigenvalue weighted by Crippen LogP contribution is -2.29. The van der Waals surface area contributed by atoms with Gasteiger partial charge in [0, 0.05) is 16.1 Å². The zero-order valence-corrected chi connectivity index (χ0v) is 17.7. The molecule has 30 heavy (non-hydrogen) atoms. The van der Waals surface area contributed by atoms with Crippen molar-refractivity contribution in [3.63, 3.8) is 0 Å². The fourth-order valence-corrected chi connectivity index (χ4v) is 3.66. The van der Waals surface area contributed by atoms with Gasteiger partial charge in [0.05, 0.1) is 18.7 Å². The Kier molecular flexibility index (Phi) is 5.17. The maximum absolute atomic E-state index is 13.0. The van der Waals surface area contributed by atoms with Crippen LogP contribution in [0.4, 0.5) is 5.82 Å². The van der Waals surface area contributed by atoms with E-state index in [4.69, 9.17) is 9.26 Å². The minimum atomic E-state index is -0.871. The molecule has 0 aliphatic carbocycles. The summed E-state index contributed by atoms with van der Waals surface area (Å²) in [6.45, 7) is 1.69. The van der Waals surface area contributed by atoms with Gasteiger partial charge in [0.1, 0.15) is 17.3 Å². The molecule has 152 valence electrons. The number of carbonyl (C=O) groups excluding carboxylic acids is 2. The molecule has 0 radical (unpaired) electrons. The van der Waals surface area contributed by atoms with Crippen molar-refractivity contribution >= 4 is 39.2 Å². The van der Waals surface area contributed by atoms with Gasteiger partial charge < -0.3 is 14.4 Å². The molecule has 1 aliphatic rings. The minimum absolute atomic E-state index is 0.0202. The van der Waals surface area contributed by atoms with E-state index in [0.717, 1.165) is 4.47 Å². The van der Waals surface area contributed by atoms with Crippen LogP contribution >= 0.6 is 15.9 Å². The van der Waals surface area contributed by atoms with Crippen LogP contribution in [0.5, 0.6) is 5.75 Å². The number of hydrogen-bond donors (Lipinski definition) is 1. The number of aliphatic hydroxyl groups is 1. The topological polar surface area (TPSA) is 92.9 Å². The average molecular weight is 469 g/mol. The second-order valence-electron chi connectivity index (χ2n) is 6.74. The first-order chi connectivity index (χ1) is 14.4. The molecule has 1 atom stereocenters. The van der Waals surface area contributed by atoms with Crippen LogP contribution in [0, 0.1) is 6.92 Å². The number of aromatic nitrogens is 1. The van der Waals surface area contributed by atoms with E-state index in [1.165, 1.54) is 4.90 Å². The van der Waals surface area contributed by atoms with Crippen molar-refractivity contribution < 1.29 is 24.0 Å². The first-order valence-corrected chi connectivity index (χ1v) is 9.84. The van der Waals surface area contributed by atoms with Gasteiger partial charge in [-0.15, -0.1) is 0 Å². The van der Waals surface area contributed by atoms with Gasteiger partial charge in [-0.05, 0) is 36.8 Å². The van der Waals surface area contributed by atoms with Gasteiger partial charge in [0.15, 0.2) is 5.82 Å². The van der Waals surface area contributed by atoms with Gasteiger partial charge >= 0.3 is 5.91 Å². The van der Waals surface area contributed by atoms with Crippen LogP contribution in [-0.2, 0) is 9.59 Å². The van der Waals surface area contributed by atoms with Gasteiger partial charge in [0.2, 0.25) is 0 Å². The highest BCUT2D eigenvalue weighted by molar-refractivity contribution is 9.10. The number of aryl methyl sites for hydroxylation is 1. The van der Waals surface area contributed by atoms with Crippen molar-refractivity contribution in [2.45, 2.75) is 13.0 Å². The van der Waals surface area contributed by atoms with Crippen molar-refractivity contribution in [3.8, 4) is 5.75 Å². The van der Waals surface area contributed by atoms with Gasteiger partial charge in [-0.3, -0.25) is 14.5 Å². The lowest BCUT2D eigenvalue weighted by atomic mass is 9.95. The molecule has 1 saturated heterocycles. The number of nitrogens with zero attached hydrogens (tertiary/aromatic N) is 2. The van der Waals surface area contributed by atoms with Crippen LogP contribution in [0.2, 0.25) is 0 Å². The van der Waals surface area contributed by atoms with Crippen LogP contribution in [0.1, 0.15) is 22.9 Å². The van der Waals surface area contributed by atoms with E-state index in [2.05, 4.69) is 21.1 Å². The van der Waals surface area contributed by atoms with E-state index in [1.807, 2.05) is 0 Å². The van der Waals surface area contributed by atoms with Crippen LogP contribution < -0.4 is 9.64 Å². The predicted molar refractivity (Wildman–Crippen MR) is 113 cm³/mol. The number of halogens is 1. The third kappa shape index (κ3) is 3.39. The first kappa shape index (κ1) is 19.9. The standard InChI is InChI=1S/C22H17BrN2O5/c1-12-11-17(24-30-12)25-19(13-5-9-16(29-2)10-6-13)18(21(27)22(25)28)20(26)14-3-7-15(23)8-4-14/h3-11,19,26H,1-2H3. The third-order valence-electron chi connectivity index (χ3n) is 4.86. The number of anilines is 1. The summed E-state index contributed by atoms with van der Waals surface area (Å²) in [6, 6.07) is 14.4. The van der Waals surface area contributed by atoms with E-state index in [-0.39, 0.29) is 17.2 Å². The molecule has 8 heteroatoms. The van der Waals surface area contributed by atoms with Gasteiger partial charge in [-0.25, -0.2) is 0 Å². The Morgan fingerprint density at radius 2 is 1.80 bits per heavy atom. The SMILES string of the molecule is COc1ccc(C2C(=C(O)c3ccc(Br)cc3)C(=O)C(=O)N2c2cc(C)on2)cc1. The molecule has 2 heterocycles. The third-order valence-corrected chi connectivity index (χ3v) is 5.38. The van der Waals surface area contributed by atoms with E-state index in [1.54, 1.807) is 68.6 Å². The molecule has 1 amide bonds. The Hall–Kier alpha value is -3.39. The fourth-order valence-electron chi connectivity index (χ4n) is 3.40. The smallest absolute Gasteiger partial charge is 0.301 e. The van der Waals surface area contributed by atoms with Crippen LogP contribution in [-0.4, -0.2) is 29.1 Å². The number of aliphatic hydroxyl groups excluding tert-OH is 1. The molecule has 0 spiro atoms. The second kappa shape index (κ2) is 7.79. The van der Waals surface area contributed by atoms with Crippen molar-refractivity contribution in [3.05, 3.63) is 81.5 Å². The summed E-state index contributed by atoms with van der Waals surface area (Å²) < 4.78 is 11.1. The molecular formula is C22H17BrN2O5. The Morgan fingerprint density at radius 3 is 2.37 bits per heavy atom. The lowest BCUT2D eigenvalue weighted by Gasteiger charge is -2.23. The number of benzene rings is 2. The van der Waals surface area contributed by atoms with Crippen LogP contribution in [0.15, 0.2) is 69.2 Å². The number of methoxy groups -OCH3 is 1. The average Bonchev–Trinajstić information content (AvgIpc) is 3.29. The van der Waals surface area contributed by atoms with Gasteiger partial charge in [-0.2, -0.15) is 0 Å². The van der Waals surface area contributed by atoms with Crippen LogP contribution in [0.25, 0.3) is 5.76 Å². The van der Waals surface area contributed by atoms with Crippen molar-refractivity contribution in [2.24, 2.45) is 0 Å². The first-order valence-electron chi connectivity index (χ1n) is 9.05. The second-order valence-corrected chi connectivity index (χ2v) is 7.66. The highest BCUT2D eigenvalue weighted by Gasteiger charge is 2.48. The maximum atomic E-state index is 13.0. The molecular weight excluding hydrogens is 452 g/mol. The molecule has 1 fully saturated rings. The normalized spacial score (nSPS) is 18.1. The Morgan fingerprint density at radius 1 is 1.13 bits per heavy atom. The van der Waals surface area contributed by atoms with Gasteiger partial charge in [0.25, 0.3) is 5.78 Å². The summed E-state index contributed by atoms with van der Waals surface area (Å²) in [6.07, 6.45) is 0. The molecule has 0 saturated carbocycles. The molecule has 1 N–H and O–H groups in total. The highest BCUT2D eigenvalue weighted by Crippen LogP contribution is 2.42. The summed E-state index contributed by atoms with van der Waals surface area (Å²) in [4.78, 5) is 27.2. The number of rotatable bonds is 4. The zero-order valence-electron chi connectivity index (χ0n) is 16.1. The Labute approximate surface area is 180 Å². The molecule has 2 aromatic carbocycles. The van der Waals surface area contributed by atoms with E-state index in [0.29, 0.717) is 22.6 Å². The molecule has 4 rings (SSSR count). The maximum Gasteiger partial charge on any atom is 0.301 e. The van der Waals surface area contributed by atoms with E-state index < -0.39 is 17.7 Å². The number of carbonyl (C=O) groups is 2. The molecule has 3 aromatic rings. The summed E-state index contributed by atoms with van der Waals surface area (Å²) in [7, 11) is 1.55. The van der Waals surface area contributed by atoms with Crippen molar-refractivity contribution in [2.75, 3.05) is 12.0 Å². The van der Waals surface area contributed by atoms with E-state index in [9.17, 15) is 14.7 Å². The Bertz CT molecular complexity index is 1150. The molecule has 1 aromatic heterocycles. The number of ketones is 1. The largest absolute Gasteiger partial charge is 0.507 e. The van der Waals surface area contributed by atoms with Crippen LogP contribution in [0.3, 0.4) is 0 Å². The summed E-state index contributed by atoms with van der Waals surface area (Å²) in [5.74, 6) is -0.525. The van der Waals surface area contributed by atoms with Gasteiger partial charge in [-0.1, -0.05) is 45.4 Å². The summed E-state index contributed by atoms with van der Waals surface area (Å²) in [5.41, 5.74) is 1.02. The number of amides is 1.